The van der Waals surface area contributed by atoms with Gasteiger partial charge >= 0.3 is 6.18 Å². The molecule has 2 aliphatic rings. The number of hydrogen-bond donors (Lipinski definition) is 2. The van der Waals surface area contributed by atoms with Crippen molar-refractivity contribution in [2.24, 2.45) is 4.99 Å². The molecule has 8 heteroatoms. The van der Waals surface area contributed by atoms with E-state index in [0.717, 1.165) is 19.5 Å². The molecule has 0 aromatic rings. The van der Waals surface area contributed by atoms with Crippen molar-refractivity contribution in [1.82, 2.24) is 20.4 Å². The first kappa shape index (κ1) is 19.3. The maximum Gasteiger partial charge on any atom is 0.401 e. The second kappa shape index (κ2) is 9.46. The summed E-state index contributed by atoms with van der Waals surface area (Å²) in [7, 11) is 1.70. The molecule has 24 heavy (non-hydrogen) atoms. The molecular formula is C16H30F3N5. The van der Waals surface area contributed by atoms with Crippen molar-refractivity contribution >= 4 is 5.96 Å². The zero-order valence-electron chi connectivity index (χ0n) is 14.5. The van der Waals surface area contributed by atoms with Gasteiger partial charge in [0.1, 0.15) is 0 Å². The minimum Gasteiger partial charge on any atom is -0.356 e. The Morgan fingerprint density at radius 3 is 2.54 bits per heavy atom. The third kappa shape index (κ3) is 7.25. The summed E-state index contributed by atoms with van der Waals surface area (Å²) in [5.74, 6) is 0.688. The molecule has 2 aliphatic heterocycles. The van der Waals surface area contributed by atoms with Crippen LogP contribution in [0.2, 0.25) is 0 Å². The Labute approximate surface area is 142 Å². The first-order chi connectivity index (χ1) is 11.5. The lowest BCUT2D eigenvalue weighted by Gasteiger charge is -2.26. The minimum absolute atomic E-state index is 0.0284. The number of guanidine groups is 1. The molecule has 2 heterocycles. The number of halogens is 3. The Hall–Kier alpha value is -1.02. The molecule has 0 aromatic heterocycles. The molecule has 5 nitrogen and oxygen atoms in total. The van der Waals surface area contributed by atoms with Gasteiger partial charge < -0.3 is 15.5 Å². The predicted molar refractivity (Wildman–Crippen MR) is 90.3 cm³/mol. The normalized spacial score (nSPS) is 24.3. The van der Waals surface area contributed by atoms with Crippen LogP contribution in [-0.2, 0) is 0 Å². The highest BCUT2D eigenvalue weighted by molar-refractivity contribution is 5.79. The summed E-state index contributed by atoms with van der Waals surface area (Å²) < 4.78 is 37.3. The maximum absolute atomic E-state index is 12.4. The maximum atomic E-state index is 12.4. The number of aliphatic imine (C=N–C) groups is 1. The standard InChI is InChI=1S/C16H30F3N5/c1-20-15(21-7-5-10-23-8-3-2-4-9-23)22-14-6-11-24(12-14)13-16(17,18)19/h14H,2-13H2,1H3,(H2,20,21,22). The van der Waals surface area contributed by atoms with Crippen LogP contribution in [0.4, 0.5) is 13.2 Å². The van der Waals surface area contributed by atoms with Crippen LogP contribution in [0.3, 0.4) is 0 Å². The van der Waals surface area contributed by atoms with E-state index in [-0.39, 0.29) is 6.04 Å². The molecule has 0 aliphatic carbocycles. The lowest BCUT2D eigenvalue weighted by molar-refractivity contribution is -0.143. The number of alkyl halides is 3. The molecule has 2 N–H and O–H groups in total. The van der Waals surface area contributed by atoms with Crippen molar-refractivity contribution in [2.75, 3.05) is 52.9 Å². The van der Waals surface area contributed by atoms with Crippen molar-refractivity contribution in [3.05, 3.63) is 0 Å². The largest absolute Gasteiger partial charge is 0.401 e. The molecule has 0 bridgehead atoms. The van der Waals surface area contributed by atoms with E-state index in [9.17, 15) is 13.2 Å². The van der Waals surface area contributed by atoms with Gasteiger partial charge in [-0.15, -0.1) is 0 Å². The SMILES string of the molecule is CN=C(NCCCN1CCCCC1)NC1CCN(CC(F)(F)F)C1. The zero-order chi connectivity index (χ0) is 17.4. The van der Waals surface area contributed by atoms with Crippen LogP contribution in [0.25, 0.3) is 0 Å². The van der Waals surface area contributed by atoms with Crippen LogP contribution in [-0.4, -0.2) is 80.8 Å². The predicted octanol–water partition coefficient (Wildman–Crippen LogP) is 1.66. The molecule has 1 unspecified atom stereocenters. The van der Waals surface area contributed by atoms with E-state index < -0.39 is 12.7 Å². The Morgan fingerprint density at radius 2 is 1.88 bits per heavy atom. The topological polar surface area (TPSA) is 42.9 Å². The summed E-state index contributed by atoms with van der Waals surface area (Å²) in [4.78, 5) is 8.11. The average Bonchev–Trinajstić information content (AvgIpc) is 2.96. The summed E-state index contributed by atoms with van der Waals surface area (Å²) in [6.07, 6.45) is 1.58. The van der Waals surface area contributed by atoms with Crippen molar-refractivity contribution in [3.63, 3.8) is 0 Å². The molecule has 0 spiro atoms. The fourth-order valence-electron chi connectivity index (χ4n) is 3.43. The zero-order valence-corrected chi connectivity index (χ0v) is 14.5. The molecule has 2 saturated heterocycles. The van der Waals surface area contributed by atoms with Crippen LogP contribution in [0.15, 0.2) is 4.99 Å². The molecule has 1 atom stereocenters. The first-order valence-electron chi connectivity index (χ1n) is 8.95. The van der Waals surface area contributed by atoms with Gasteiger partial charge in [-0.3, -0.25) is 9.89 Å². The van der Waals surface area contributed by atoms with Crippen LogP contribution in [0.1, 0.15) is 32.1 Å². The lowest BCUT2D eigenvalue weighted by Crippen LogP contribution is -2.45. The van der Waals surface area contributed by atoms with Gasteiger partial charge in [0.25, 0.3) is 0 Å². The van der Waals surface area contributed by atoms with Gasteiger partial charge in [-0.1, -0.05) is 6.42 Å². The summed E-state index contributed by atoms with van der Waals surface area (Å²) in [6, 6.07) is 0.0284. The van der Waals surface area contributed by atoms with Crippen molar-refractivity contribution in [2.45, 2.75) is 44.3 Å². The summed E-state index contributed by atoms with van der Waals surface area (Å²) >= 11 is 0. The molecule has 0 amide bonds. The second-order valence-electron chi connectivity index (χ2n) is 6.74. The monoisotopic (exact) mass is 349 g/mol. The van der Waals surface area contributed by atoms with E-state index in [2.05, 4.69) is 20.5 Å². The van der Waals surface area contributed by atoms with Gasteiger partial charge in [-0.05, 0) is 45.3 Å². The average molecular weight is 349 g/mol. The quantitative estimate of drug-likeness (QED) is 0.435. The third-order valence-electron chi connectivity index (χ3n) is 4.63. The number of rotatable bonds is 6. The molecule has 0 saturated carbocycles. The van der Waals surface area contributed by atoms with Gasteiger partial charge in [0.05, 0.1) is 6.54 Å². The highest BCUT2D eigenvalue weighted by Gasteiger charge is 2.34. The molecule has 2 rings (SSSR count). The third-order valence-corrected chi connectivity index (χ3v) is 4.63. The summed E-state index contributed by atoms with van der Waals surface area (Å²) in [5.41, 5.74) is 0. The minimum atomic E-state index is -4.12. The molecule has 140 valence electrons. The van der Waals surface area contributed by atoms with E-state index in [1.165, 1.54) is 37.3 Å². The van der Waals surface area contributed by atoms with E-state index >= 15 is 0 Å². The fraction of sp³-hybridized carbons (Fsp3) is 0.938. The Kier molecular flexibility index (Phi) is 7.61. The van der Waals surface area contributed by atoms with E-state index in [0.29, 0.717) is 25.5 Å². The summed E-state index contributed by atoms with van der Waals surface area (Å²) in [5, 5.41) is 6.51. The van der Waals surface area contributed by atoms with Gasteiger partial charge in [-0.2, -0.15) is 13.2 Å². The number of hydrogen-bond acceptors (Lipinski definition) is 3. The second-order valence-corrected chi connectivity index (χ2v) is 6.74. The van der Waals surface area contributed by atoms with Gasteiger partial charge in [0.2, 0.25) is 0 Å². The molecular weight excluding hydrogens is 319 g/mol. The Balaban J connectivity index is 1.60. The number of nitrogens with one attached hydrogen (secondary N) is 2. The highest BCUT2D eigenvalue weighted by atomic mass is 19.4. The van der Waals surface area contributed by atoms with Gasteiger partial charge in [0, 0.05) is 32.7 Å². The van der Waals surface area contributed by atoms with E-state index in [4.69, 9.17) is 0 Å². The van der Waals surface area contributed by atoms with Crippen LogP contribution >= 0.6 is 0 Å². The van der Waals surface area contributed by atoms with E-state index in [1.54, 1.807) is 7.05 Å². The fourth-order valence-corrected chi connectivity index (χ4v) is 3.43. The van der Waals surface area contributed by atoms with Crippen LogP contribution < -0.4 is 10.6 Å². The Bertz CT molecular complexity index is 394. The molecule has 2 fully saturated rings. The van der Waals surface area contributed by atoms with Crippen LogP contribution in [0.5, 0.6) is 0 Å². The summed E-state index contributed by atoms with van der Waals surface area (Å²) in [6.45, 7) is 4.38. The van der Waals surface area contributed by atoms with Gasteiger partial charge in [-0.25, -0.2) is 0 Å². The van der Waals surface area contributed by atoms with Gasteiger partial charge in [0.15, 0.2) is 5.96 Å². The van der Waals surface area contributed by atoms with Crippen molar-refractivity contribution in [3.8, 4) is 0 Å². The highest BCUT2D eigenvalue weighted by Crippen LogP contribution is 2.19. The number of nitrogens with zero attached hydrogens (tertiary/aromatic N) is 3. The van der Waals surface area contributed by atoms with Crippen molar-refractivity contribution in [1.29, 1.82) is 0 Å². The molecule has 0 aromatic carbocycles. The lowest BCUT2D eigenvalue weighted by atomic mass is 10.1. The first-order valence-corrected chi connectivity index (χ1v) is 8.95. The number of likely N-dealkylation sites (tertiary alicyclic amines) is 2. The molecule has 0 radical (unpaired) electrons. The van der Waals surface area contributed by atoms with E-state index in [1.807, 2.05) is 0 Å². The number of piperidine rings is 1. The Morgan fingerprint density at radius 1 is 1.12 bits per heavy atom. The smallest absolute Gasteiger partial charge is 0.356 e. The van der Waals surface area contributed by atoms with Crippen LogP contribution in [0, 0.1) is 0 Å². The van der Waals surface area contributed by atoms with Crippen molar-refractivity contribution < 1.29 is 13.2 Å².